The molecule has 0 amide bonds. The van der Waals surface area contributed by atoms with E-state index in [9.17, 15) is 0 Å². The summed E-state index contributed by atoms with van der Waals surface area (Å²) in [7, 11) is 0. The van der Waals surface area contributed by atoms with E-state index in [0.29, 0.717) is 29.7 Å². The second kappa shape index (κ2) is 14.1. The van der Waals surface area contributed by atoms with E-state index in [1.165, 1.54) is 61.1 Å². The molecule has 292 valence electrons. The van der Waals surface area contributed by atoms with E-state index < -0.39 is 0 Å². The Hall–Kier alpha value is -7.04. The molecule has 4 heteroatoms. The third-order valence-corrected chi connectivity index (χ3v) is 13.5. The summed E-state index contributed by atoms with van der Waals surface area (Å²) in [6.07, 6.45) is 24.9. The van der Waals surface area contributed by atoms with Crippen molar-refractivity contribution in [1.82, 2.24) is 9.88 Å². The highest BCUT2D eigenvalue weighted by Gasteiger charge is 2.46. The van der Waals surface area contributed by atoms with Gasteiger partial charge in [0.2, 0.25) is 0 Å². The lowest BCUT2D eigenvalue weighted by Crippen LogP contribution is -2.36. The van der Waals surface area contributed by atoms with Gasteiger partial charge < -0.3 is 16.0 Å². The van der Waals surface area contributed by atoms with Crippen LogP contribution in [0.25, 0.3) is 50.0 Å². The van der Waals surface area contributed by atoms with E-state index >= 15 is 0 Å². The Bertz CT molecular complexity index is 3010. The van der Waals surface area contributed by atoms with Crippen LogP contribution in [0.1, 0.15) is 41.7 Å². The average molecular weight is 777 g/mol. The number of anilines is 1. The fourth-order valence-electron chi connectivity index (χ4n) is 10.6. The first kappa shape index (κ1) is 36.1. The van der Waals surface area contributed by atoms with E-state index in [1.807, 2.05) is 12.2 Å². The van der Waals surface area contributed by atoms with Crippen molar-refractivity contribution in [1.29, 1.82) is 0 Å². The first-order valence-corrected chi connectivity index (χ1v) is 21.2. The zero-order chi connectivity index (χ0) is 40.5. The molecule has 3 aliphatic carbocycles. The van der Waals surface area contributed by atoms with E-state index in [4.69, 9.17) is 5.73 Å². The number of nitrogens with one attached hydrogen (secondary N) is 1. The molecular formula is C56H48N4. The Morgan fingerprint density at radius 3 is 2.45 bits per heavy atom. The number of aromatic nitrogens is 1. The zero-order valence-corrected chi connectivity index (χ0v) is 34.1. The van der Waals surface area contributed by atoms with Crippen LogP contribution >= 0.6 is 0 Å². The molecule has 1 aromatic heterocycles. The van der Waals surface area contributed by atoms with Gasteiger partial charge in [-0.1, -0.05) is 166 Å². The number of dihydropyridines is 1. The van der Waals surface area contributed by atoms with Gasteiger partial charge in [0.15, 0.2) is 0 Å². The largest absolute Gasteiger partial charge is 0.385 e. The molecule has 1 fully saturated rings. The van der Waals surface area contributed by atoms with Gasteiger partial charge in [-0.15, -0.1) is 0 Å². The Labute approximate surface area is 352 Å². The molecule has 0 spiro atoms. The lowest BCUT2D eigenvalue weighted by molar-refractivity contribution is 0.528. The summed E-state index contributed by atoms with van der Waals surface area (Å²) in [5, 5.41) is 6.13. The monoisotopic (exact) mass is 776 g/mol. The predicted octanol–water partition coefficient (Wildman–Crippen LogP) is 12.1. The number of allylic oxidation sites excluding steroid dienone is 10. The van der Waals surface area contributed by atoms with Crippen LogP contribution in [0.2, 0.25) is 0 Å². The Kier molecular flexibility index (Phi) is 8.45. The highest BCUT2D eigenvalue weighted by molar-refractivity contribution is 6.11. The topological polar surface area (TPSA) is 46.2 Å². The number of hydrogen-bond acceptors (Lipinski definition) is 3. The van der Waals surface area contributed by atoms with Crippen LogP contribution in [0, 0.1) is 11.8 Å². The lowest BCUT2D eigenvalue weighted by Gasteiger charge is -2.32. The zero-order valence-electron chi connectivity index (χ0n) is 34.1. The number of nitrogens with zero attached hydrogens (tertiary/aromatic N) is 2. The molecule has 0 saturated carbocycles. The summed E-state index contributed by atoms with van der Waals surface area (Å²) in [6.45, 7) is 9.90. The Morgan fingerprint density at radius 1 is 0.767 bits per heavy atom. The Morgan fingerprint density at radius 2 is 1.55 bits per heavy atom. The fourth-order valence-corrected chi connectivity index (χ4v) is 10.6. The summed E-state index contributed by atoms with van der Waals surface area (Å²) >= 11 is 0. The van der Waals surface area contributed by atoms with Crippen molar-refractivity contribution in [3.05, 3.63) is 228 Å². The molecule has 5 aliphatic rings. The van der Waals surface area contributed by atoms with E-state index in [-0.39, 0.29) is 5.41 Å². The average Bonchev–Trinajstić information content (AvgIpc) is 3.89. The highest BCUT2D eigenvalue weighted by Crippen LogP contribution is 2.49. The van der Waals surface area contributed by atoms with Crippen LogP contribution in [0.15, 0.2) is 200 Å². The van der Waals surface area contributed by atoms with Gasteiger partial charge in [-0.2, -0.15) is 0 Å². The molecule has 0 radical (unpaired) electrons. The molecule has 1 saturated heterocycles. The van der Waals surface area contributed by atoms with Gasteiger partial charge in [0.1, 0.15) is 5.82 Å². The normalized spacial score (nSPS) is 22.4. The predicted molar refractivity (Wildman–Crippen MR) is 254 cm³/mol. The van der Waals surface area contributed by atoms with Crippen molar-refractivity contribution in [2.45, 2.75) is 31.3 Å². The first-order valence-electron chi connectivity index (χ1n) is 21.2. The minimum Gasteiger partial charge on any atom is -0.385 e. The first-order chi connectivity index (χ1) is 29.3. The number of benzene rings is 5. The molecule has 3 N–H and O–H groups in total. The maximum atomic E-state index is 6.96. The summed E-state index contributed by atoms with van der Waals surface area (Å²) in [5.74, 6) is 1.45. The van der Waals surface area contributed by atoms with Gasteiger partial charge in [0, 0.05) is 51.5 Å². The van der Waals surface area contributed by atoms with Crippen LogP contribution in [-0.2, 0) is 5.41 Å². The van der Waals surface area contributed by atoms with Crippen LogP contribution < -0.4 is 16.0 Å². The molecule has 11 rings (SSSR count). The molecule has 4 atom stereocenters. The molecule has 4 nitrogen and oxygen atoms in total. The standard InChI is InChI=1S/C56H48N4/c1-36(37-16-14-17-38(31-37)41-34-49-55(58-35-41)45-22-7-10-23-48(45)56(49,2)3)15-13-26-54(57)60-51-25-12-9-21-44(51)47-33-40(28-30-53(47)60)39-27-29-52-46(32-39)43-20-8-11-24-50(43)59(52)42-18-5-4-6-19-42/h4-34,43,46,50,52,58H,1,35,57H2,2-3H3/b15-13-,54-26+. The molecule has 6 aromatic rings. The van der Waals surface area contributed by atoms with Gasteiger partial charge in [0.25, 0.3) is 0 Å². The number of fused-ring (bicyclic) bond motifs is 8. The lowest BCUT2D eigenvalue weighted by atomic mass is 9.80. The molecular weight excluding hydrogens is 729 g/mol. The van der Waals surface area contributed by atoms with Crippen LogP contribution in [0.3, 0.4) is 0 Å². The van der Waals surface area contributed by atoms with Crippen molar-refractivity contribution in [2.75, 3.05) is 11.4 Å². The van der Waals surface area contributed by atoms with Gasteiger partial charge in [-0.25, -0.2) is 0 Å². The molecule has 2 aliphatic heterocycles. The van der Waals surface area contributed by atoms with Crippen molar-refractivity contribution in [3.8, 4) is 0 Å². The fraction of sp³-hybridized carbons (Fsp3) is 0.143. The van der Waals surface area contributed by atoms with Crippen LogP contribution in [-0.4, -0.2) is 23.2 Å². The number of rotatable bonds is 7. The highest BCUT2D eigenvalue weighted by atomic mass is 15.2. The summed E-state index contributed by atoms with van der Waals surface area (Å²) < 4.78 is 2.18. The number of para-hydroxylation sites is 2. The van der Waals surface area contributed by atoms with E-state index in [0.717, 1.165) is 28.7 Å². The maximum absolute atomic E-state index is 6.96. The van der Waals surface area contributed by atoms with Crippen LogP contribution in [0.4, 0.5) is 5.69 Å². The third kappa shape index (κ3) is 5.73. The van der Waals surface area contributed by atoms with Gasteiger partial charge in [0.05, 0.1) is 23.1 Å². The van der Waals surface area contributed by atoms with Gasteiger partial charge in [-0.3, -0.25) is 4.57 Å². The minimum absolute atomic E-state index is 0.0516. The molecule has 60 heavy (non-hydrogen) atoms. The minimum atomic E-state index is -0.0516. The second-order valence-corrected chi connectivity index (χ2v) is 17.3. The molecule has 4 unspecified atom stereocenters. The number of nitrogens with two attached hydrogens (primary N) is 1. The third-order valence-electron chi connectivity index (χ3n) is 13.5. The van der Waals surface area contributed by atoms with Gasteiger partial charge >= 0.3 is 0 Å². The quantitative estimate of drug-likeness (QED) is 0.159. The van der Waals surface area contributed by atoms with Gasteiger partial charge in [-0.05, 0) is 87.0 Å². The van der Waals surface area contributed by atoms with Crippen LogP contribution in [0.5, 0.6) is 0 Å². The summed E-state index contributed by atoms with van der Waals surface area (Å²) in [6, 6.07) is 44.4. The van der Waals surface area contributed by atoms with Crippen molar-refractivity contribution >= 4 is 55.7 Å². The Balaban J connectivity index is 0.862. The SMILES string of the molecule is C=C(/C=C\C=C(/N)n1c2ccccc2c2cc(C3=CC4C5C=CC=CC5N(c5ccccc5)C4C=C3)ccc21)c1cccc(C2=CC3=C(NC2)c2ccccc2C3(C)C)c1. The summed E-state index contributed by atoms with van der Waals surface area (Å²) in [4.78, 5) is 2.60. The molecule has 5 aromatic carbocycles. The van der Waals surface area contributed by atoms with Crippen molar-refractivity contribution in [2.24, 2.45) is 17.6 Å². The van der Waals surface area contributed by atoms with Crippen molar-refractivity contribution < 1.29 is 0 Å². The number of hydrogen-bond donors (Lipinski definition) is 2. The van der Waals surface area contributed by atoms with E-state index in [2.05, 4.69) is 211 Å². The van der Waals surface area contributed by atoms with Crippen molar-refractivity contribution in [3.63, 3.8) is 0 Å². The second-order valence-electron chi connectivity index (χ2n) is 17.3. The maximum Gasteiger partial charge on any atom is 0.108 e. The molecule has 3 heterocycles. The van der Waals surface area contributed by atoms with E-state index in [1.54, 1.807) is 0 Å². The summed E-state index contributed by atoms with van der Waals surface area (Å²) in [5.41, 5.74) is 22.7. The smallest absolute Gasteiger partial charge is 0.108 e. The molecule has 0 bridgehead atoms.